The average Bonchev–Trinajstić information content (AvgIpc) is 3.95. The molecule has 68 heavy (non-hydrogen) atoms. The first-order chi connectivity index (χ1) is 33.7. The van der Waals surface area contributed by atoms with Gasteiger partial charge in [0.05, 0.1) is 11.0 Å². The number of aromatic nitrogens is 2. The summed E-state index contributed by atoms with van der Waals surface area (Å²) in [6.07, 6.45) is 0. The van der Waals surface area contributed by atoms with Gasteiger partial charge in [0.25, 0.3) is 0 Å². The molecule has 2 heteroatoms. The summed E-state index contributed by atoms with van der Waals surface area (Å²) in [4.78, 5) is 3.87. The van der Waals surface area contributed by atoms with Crippen molar-refractivity contribution in [2.75, 3.05) is 0 Å². The van der Waals surface area contributed by atoms with E-state index in [2.05, 4.69) is 247 Å². The van der Waals surface area contributed by atoms with Crippen molar-refractivity contribution in [3.05, 3.63) is 231 Å². The number of aryl methyl sites for hydroxylation is 1. The number of hydrogen-bond acceptors (Lipinski definition) is 0. The Bertz CT molecular complexity index is 4240. The molecular weight excluding hydrogens is 821 g/mol. The number of para-hydroxylation sites is 4. The molecule has 12 aromatic carbocycles. The van der Waals surface area contributed by atoms with Gasteiger partial charge >= 0.3 is 0 Å². The molecular formula is C66H44N2. The van der Waals surface area contributed by atoms with Crippen molar-refractivity contribution in [3.63, 3.8) is 0 Å². The van der Waals surface area contributed by atoms with Crippen LogP contribution in [0.2, 0.25) is 0 Å². The molecule has 2 nitrogen and oxygen atoms in total. The van der Waals surface area contributed by atoms with Crippen molar-refractivity contribution < 1.29 is 0 Å². The molecule has 0 saturated heterocycles. The Morgan fingerprint density at radius 1 is 0.309 bits per heavy atom. The van der Waals surface area contributed by atoms with Gasteiger partial charge in [-0.05, 0) is 119 Å². The third-order valence-corrected chi connectivity index (χ3v) is 14.7. The van der Waals surface area contributed by atoms with Crippen LogP contribution in [0.1, 0.15) is 6.92 Å². The summed E-state index contributed by atoms with van der Waals surface area (Å²) in [6.45, 7) is 3.14. The smallest absolute Gasteiger partial charge is 0.0571 e. The molecule has 0 unspecified atom stereocenters. The van der Waals surface area contributed by atoms with Gasteiger partial charge in [-0.25, -0.2) is 0 Å². The van der Waals surface area contributed by atoms with E-state index in [1.807, 2.05) is 0 Å². The zero-order valence-corrected chi connectivity index (χ0v) is 37.6. The molecule has 0 aliphatic rings. The molecule has 0 aliphatic carbocycles. The fourth-order valence-electron chi connectivity index (χ4n) is 11.8. The van der Waals surface area contributed by atoms with Crippen molar-refractivity contribution in [2.45, 2.75) is 13.5 Å². The average molecular weight is 865 g/mol. The normalized spacial score (nSPS) is 12.0. The minimum absolute atomic E-state index is 0.869. The highest BCUT2D eigenvalue weighted by Gasteiger charge is 2.24. The summed E-state index contributed by atoms with van der Waals surface area (Å²) in [5.41, 5.74) is 17.1. The van der Waals surface area contributed by atoms with Gasteiger partial charge in [0, 0.05) is 50.2 Å². The minimum Gasteiger partial charge on any atom is -0.354 e. The third-order valence-electron chi connectivity index (χ3n) is 14.7. The maximum Gasteiger partial charge on any atom is 0.0571 e. The molecule has 0 atom stereocenters. The Morgan fingerprint density at radius 3 is 1.29 bits per heavy atom. The topological polar surface area (TPSA) is 20.7 Å². The molecule has 0 bridgehead atoms. The first kappa shape index (κ1) is 38.5. The summed E-state index contributed by atoms with van der Waals surface area (Å²) in [5.74, 6) is 0. The molecule has 0 spiro atoms. The Hall–Kier alpha value is -8.72. The summed E-state index contributed by atoms with van der Waals surface area (Å²) < 4.78 is 2.51. The van der Waals surface area contributed by atoms with E-state index in [4.69, 9.17) is 0 Å². The fourth-order valence-corrected chi connectivity index (χ4v) is 11.8. The van der Waals surface area contributed by atoms with Crippen LogP contribution in [0.15, 0.2) is 231 Å². The van der Waals surface area contributed by atoms with Crippen LogP contribution < -0.4 is 0 Å². The van der Waals surface area contributed by atoms with E-state index in [1.165, 1.54) is 131 Å². The molecule has 1 N–H and O–H groups in total. The van der Waals surface area contributed by atoms with Gasteiger partial charge in [-0.15, -0.1) is 0 Å². The maximum atomic E-state index is 3.87. The van der Waals surface area contributed by atoms with Crippen LogP contribution in [0.5, 0.6) is 0 Å². The molecule has 0 saturated carbocycles. The lowest BCUT2D eigenvalue weighted by atomic mass is 9.81. The molecule has 2 aromatic heterocycles. The van der Waals surface area contributed by atoms with Crippen LogP contribution >= 0.6 is 0 Å². The van der Waals surface area contributed by atoms with E-state index < -0.39 is 0 Å². The largest absolute Gasteiger partial charge is 0.354 e. The van der Waals surface area contributed by atoms with Gasteiger partial charge in [0.2, 0.25) is 0 Å². The SMILES string of the molecule is CCn1c2ccccc2c2cccc(-c3cccc4c(-c5c6cccc(-c7ccccc7)c6cc6c(-c7ccccc7)cccc56)c5cccc(-c6cccc7c6[nH]c6ccccc67)c5cc34)c21. The number of H-pyrrole nitrogens is 1. The predicted molar refractivity (Wildman–Crippen MR) is 292 cm³/mol. The molecule has 0 amide bonds. The second-order valence-electron chi connectivity index (χ2n) is 18.2. The van der Waals surface area contributed by atoms with Crippen molar-refractivity contribution >= 4 is 86.7 Å². The second-order valence-corrected chi connectivity index (χ2v) is 18.2. The Kier molecular flexibility index (Phi) is 8.60. The quantitative estimate of drug-likeness (QED) is 0.161. The number of nitrogens with zero attached hydrogens (tertiary/aromatic N) is 1. The van der Waals surface area contributed by atoms with Crippen LogP contribution in [0.3, 0.4) is 0 Å². The maximum absolute atomic E-state index is 3.87. The molecule has 318 valence electrons. The van der Waals surface area contributed by atoms with Crippen molar-refractivity contribution in [1.29, 1.82) is 0 Å². The monoisotopic (exact) mass is 864 g/mol. The van der Waals surface area contributed by atoms with Crippen LogP contribution in [0, 0.1) is 0 Å². The highest BCUT2D eigenvalue weighted by molar-refractivity contribution is 6.29. The number of hydrogen-bond donors (Lipinski definition) is 1. The van der Waals surface area contributed by atoms with Crippen molar-refractivity contribution in [2.24, 2.45) is 0 Å². The summed E-state index contributed by atoms with van der Waals surface area (Å²) in [6, 6.07) is 85.8. The number of aromatic amines is 1. The number of rotatable bonds is 6. The van der Waals surface area contributed by atoms with Crippen LogP contribution in [-0.4, -0.2) is 9.55 Å². The zero-order valence-electron chi connectivity index (χ0n) is 37.6. The van der Waals surface area contributed by atoms with Gasteiger partial charge in [0.15, 0.2) is 0 Å². The summed E-state index contributed by atoms with van der Waals surface area (Å²) >= 11 is 0. The zero-order chi connectivity index (χ0) is 44.9. The molecule has 14 aromatic rings. The molecule has 14 rings (SSSR count). The van der Waals surface area contributed by atoms with Crippen LogP contribution in [-0.2, 0) is 6.54 Å². The lowest BCUT2D eigenvalue weighted by Gasteiger charge is -2.22. The molecule has 0 aliphatic heterocycles. The Morgan fingerprint density at radius 2 is 0.721 bits per heavy atom. The third kappa shape index (κ3) is 5.64. The molecule has 0 fully saturated rings. The van der Waals surface area contributed by atoms with Crippen molar-refractivity contribution in [3.8, 4) is 55.6 Å². The Labute approximate surface area is 394 Å². The van der Waals surface area contributed by atoms with Gasteiger partial charge in [0.1, 0.15) is 0 Å². The van der Waals surface area contributed by atoms with Gasteiger partial charge in [-0.3, -0.25) is 0 Å². The van der Waals surface area contributed by atoms with Crippen LogP contribution in [0.25, 0.3) is 142 Å². The lowest BCUT2D eigenvalue weighted by Crippen LogP contribution is -1.96. The summed E-state index contributed by atoms with van der Waals surface area (Å²) in [7, 11) is 0. The lowest BCUT2D eigenvalue weighted by molar-refractivity contribution is 0.828. The van der Waals surface area contributed by atoms with E-state index >= 15 is 0 Å². The number of nitrogens with one attached hydrogen (secondary N) is 1. The van der Waals surface area contributed by atoms with Gasteiger partial charge in [-0.2, -0.15) is 0 Å². The molecule has 0 radical (unpaired) electrons. The van der Waals surface area contributed by atoms with Crippen LogP contribution in [0.4, 0.5) is 0 Å². The predicted octanol–water partition coefficient (Wildman–Crippen LogP) is 18.4. The van der Waals surface area contributed by atoms with Crippen molar-refractivity contribution in [1.82, 2.24) is 9.55 Å². The Balaban J connectivity index is 1.19. The second kappa shape index (κ2) is 15.2. The van der Waals surface area contributed by atoms with Gasteiger partial charge in [-0.1, -0.05) is 206 Å². The highest BCUT2D eigenvalue weighted by atomic mass is 15.0. The molecule has 2 heterocycles. The minimum atomic E-state index is 0.869. The highest BCUT2D eigenvalue weighted by Crippen LogP contribution is 2.51. The fraction of sp³-hybridized carbons (Fsp3) is 0.0303. The number of fused-ring (bicyclic) bond motifs is 10. The van der Waals surface area contributed by atoms with E-state index in [0.717, 1.165) is 17.6 Å². The standard InChI is InChI=1S/C66H44N2/c1-2-68-62-38-12-10-24-48(62)56-36-18-35-55(66(56)68)46-28-16-32-52-60(46)40-59-45(53-33-17-34-54-47-23-9-11-37-61(47)67-65(53)54)27-15-31-51(59)64(52)63-49-29-13-25-43(41-19-5-3-6-20-41)57(49)39-58-44(26-14-30-50(58)63)42-21-7-4-8-22-42/h3-40,67H,2H2,1H3. The van der Waals surface area contributed by atoms with E-state index in [1.54, 1.807) is 0 Å². The first-order valence-electron chi connectivity index (χ1n) is 23.8. The number of benzene rings is 12. The first-order valence-corrected chi connectivity index (χ1v) is 23.8. The van der Waals surface area contributed by atoms with E-state index in [-0.39, 0.29) is 0 Å². The van der Waals surface area contributed by atoms with E-state index in [9.17, 15) is 0 Å². The van der Waals surface area contributed by atoms with E-state index in [0.29, 0.717) is 0 Å². The van der Waals surface area contributed by atoms with Gasteiger partial charge < -0.3 is 9.55 Å². The summed E-state index contributed by atoms with van der Waals surface area (Å²) in [5, 5.41) is 14.9.